The summed E-state index contributed by atoms with van der Waals surface area (Å²) in [5.74, 6) is -1.68. The molecule has 2 unspecified atom stereocenters. The third kappa shape index (κ3) is 73.8. The lowest BCUT2D eigenvalue weighted by molar-refractivity contribution is -0.141. The summed E-state index contributed by atoms with van der Waals surface area (Å²) in [6, 6.07) is -0.431. The summed E-state index contributed by atoms with van der Waals surface area (Å²) in [7, 11) is 0. The van der Waals surface area contributed by atoms with Gasteiger partial charge >= 0.3 is 23.9 Å². The van der Waals surface area contributed by atoms with E-state index in [4.69, 9.17) is 31.3 Å². The van der Waals surface area contributed by atoms with Crippen molar-refractivity contribution in [1.29, 1.82) is 0 Å². The molecule has 1 rings (SSSR count). The van der Waals surface area contributed by atoms with Gasteiger partial charge in [0.1, 0.15) is 18.0 Å². The molecule has 2 amide bonds. The number of nitrogens with two attached hydrogens (primary N) is 1. The number of aromatic amines is 1. The Kier molecular flexibility index (Phi) is 50.4. The van der Waals surface area contributed by atoms with Gasteiger partial charge in [-0.25, -0.2) is 0 Å². The molecule has 0 aromatic carbocycles. The Morgan fingerprint density at radius 1 is 0.662 bits per heavy atom. The first-order chi connectivity index (χ1) is 29.7. The van der Waals surface area contributed by atoms with E-state index in [0.717, 1.165) is 31.5 Å². The molecular weight excluding hydrogens is 849 g/mol. The van der Waals surface area contributed by atoms with E-state index in [0.29, 0.717) is 17.8 Å². The van der Waals surface area contributed by atoms with Crippen LogP contribution in [0.5, 0.6) is 0 Å². The second kappa shape index (κ2) is 45.7. The molecule has 11 N–H and O–H groups in total. The Bertz CT molecular complexity index is 1400. The van der Waals surface area contributed by atoms with Gasteiger partial charge in [-0.1, -0.05) is 81.4 Å². The number of rotatable bonds is 22. The molecular formula is C44H88N8O13. The first-order valence-electron chi connectivity index (χ1n) is 22.1. The monoisotopic (exact) mass is 937 g/mol. The maximum Gasteiger partial charge on any atom is 0.317 e. The number of nitrogens with one attached hydrogen (secondary N) is 4. The molecule has 0 spiro atoms. The van der Waals surface area contributed by atoms with E-state index in [9.17, 15) is 38.4 Å². The number of aliphatic carboxylic acids is 4. The number of aliphatic hydroxyl groups excluding tert-OH is 1. The van der Waals surface area contributed by atoms with E-state index in [1.165, 1.54) is 0 Å². The lowest BCUT2D eigenvalue weighted by Gasteiger charge is -2.13. The molecule has 0 aliphatic heterocycles. The molecule has 1 aromatic rings. The van der Waals surface area contributed by atoms with Crippen LogP contribution >= 0.6 is 0 Å². The zero-order valence-corrected chi connectivity index (χ0v) is 42.2. The molecule has 1 heterocycles. The Morgan fingerprint density at radius 3 is 1.43 bits per heavy atom. The highest BCUT2D eigenvalue weighted by atomic mass is 16.4. The zero-order chi connectivity index (χ0) is 52.4. The molecule has 0 radical (unpaired) electrons. The molecule has 1 aromatic heterocycles. The molecule has 21 heteroatoms. The minimum Gasteiger partial charge on any atom is -0.481 e. The van der Waals surface area contributed by atoms with Crippen molar-refractivity contribution in [3.63, 3.8) is 0 Å². The van der Waals surface area contributed by atoms with Gasteiger partial charge in [0.2, 0.25) is 11.8 Å². The normalized spacial score (nSPS) is 11.0. The number of aromatic nitrogens is 4. The fourth-order valence-electron chi connectivity index (χ4n) is 4.04. The van der Waals surface area contributed by atoms with Crippen molar-refractivity contribution in [2.24, 2.45) is 29.4 Å². The van der Waals surface area contributed by atoms with Crippen LogP contribution in [0.3, 0.4) is 0 Å². The maximum absolute atomic E-state index is 11.1. The minimum absolute atomic E-state index is 0.00634. The Balaban J connectivity index is -0.000000158. The number of aliphatic hydroxyl groups is 1. The highest BCUT2D eigenvalue weighted by Gasteiger charge is 2.15. The third-order valence-electron chi connectivity index (χ3n) is 6.98. The fraction of sp³-hybridized carbons (Fsp3) is 0.795. The van der Waals surface area contributed by atoms with Crippen LogP contribution in [-0.4, -0.2) is 130 Å². The molecule has 0 bridgehead atoms. The Hall–Kier alpha value is -4.89. The third-order valence-corrected chi connectivity index (χ3v) is 6.98. The SMILES string of the molecule is CC(=O)CC(C)C.CC(C)C(=O)CCC(=O)O.CC(C)Cc1nn[nH]n1.CC(C)NC(=O)C(N)CCC(=O)O.CC(C)NC(=O)CC(=O)O.CC(C)NCC(=O)O.CCC(O)CC(C)C. The summed E-state index contributed by atoms with van der Waals surface area (Å²) in [5.41, 5.74) is 5.44. The summed E-state index contributed by atoms with van der Waals surface area (Å²) < 4.78 is 0. The van der Waals surface area contributed by atoms with Gasteiger partial charge in [0.05, 0.1) is 25.1 Å². The number of ketones is 2. The molecule has 0 saturated carbocycles. The van der Waals surface area contributed by atoms with Crippen LogP contribution in [0, 0.1) is 23.7 Å². The van der Waals surface area contributed by atoms with Gasteiger partial charge in [0.25, 0.3) is 0 Å². The molecule has 65 heavy (non-hydrogen) atoms. The van der Waals surface area contributed by atoms with Crippen LogP contribution < -0.4 is 21.7 Å². The van der Waals surface area contributed by atoms with E-state index in [-0.39, 0.29) is 79.8 Å². The van der Waals surface area contributed by atoms with Crippen molar-refractivity contribution in [2.75, 3.05) is 6.54 Å². The number of carbonyl (C=O) groups is 8. The number of tetrazole rings is 1. The lowest BCUT2D eigenvalue weighted by atomic mass is 10.0. The standard InChI is InChI=1S/C8H16N2O3.C7H12O3.C7H16O.C6H11NO3.C6H12O.C5H10N4.C5H11NO2/c1-5(2)10-8(13)6(9)3-4-7(11)12;1-5(2)6(8)3-4-7(9)10;1-4-7(8)5-6(2)3;1-4(2)7-5(8)3-6(9)10;1-5(2)4-6(3)7;1-4(2)3-5-6-8-9-7-5;1-4(2)6-3-5(7)8/h5-6H,3-4,9H2,1-2H3,(H,10,13)(H,11,12);5H,3-4H2,1-2H3,(H,9,10);6-8H,4-5H2,1-3H3;4H,3H2,1-2H3,(H,7,8)(H,9,10);5H,4H2,1-3H3;4H,3H2,1-2H3,(H,6,7,8,9);4,6H,3H2,1-2H3,(H,7,8). The summed E-state index contributed by atoms with van der Waals surface area (Å²) in [4.78, 5) is 82.7. The first-order valence-corrected chi connectivity index (χ1v) is 22.1. The molecule has 2 atom stereocenters. The van der Waals surface area contributed by atoms with Crippen molar-refractivity contribution in [2.45, 2.75) is 199 Å². The average molecular weight is 937 g/mol. The van der Waals surface area contributed by atoms with Crippen LogP contribution in [0.1, 0.15) is 168 Å². The zero-order valence-electron chi connectivity index (χ0n) is 42.2. The average Bonchev–Trinajstić information content (AvgIpc) is 3.64. The molecule has 0 saturated heterocycles. The predicted octanol–water partition coefficient (Wildman–Crippen LogP) is 4.66. The van der Waals surface area contributed by atoms with Crippen LogP contribution in [0.15, 0.2) is 0 Å². The number of hydrogen-bond donors (Lipinski definition) is 10. The van der Waals surface area contributed by atoms with Crippen molar-refractivity contribution >= 4 is 47.3 Å². The summed E-state index contributed by atoms with van der Waals surface area (Å²) in [5, 5.41) is 63.1. The minimum atomic E-state index is -1.10. The summed E-state index contributed by atoms with van der Waals surface area (Å²) in [6.07, 6.45) is 3.14. The summed E-state index contributed by atoms with van der Waals surface area (Å²) >= 11 is 0. The van der Waals surface area contributed by atoms with Crippen LogP contribution in [0.25, 0.3) is 0 Å². The van der Waals surface area contributed by atoms with Gasteiger partial charge in [-0.05, 0) is 71.6 Å². The number of nitrogens with zero attached hydrogens (tertiary/aromatic N) is 3. The van der Waals surface area contributed by atoms with E-state index < -0.39 is 42.2 Å². The van der Waals surface area contributed by atoms with Crippen LogP contribution in [0.4, 0.5) is 0 Å². The van der Waals surface area contributed by atoms with E-state index in [1.807, 2.05) is 48.5 Å². The molecule has 0 aliphatic carbocycles. The van der Waals surface area contributed by atoms with Gasteiger partial charge in [-0.2, -0.15) is 5.21 Å². The Morgan fingerprint density at radius 2 is 1.17 bits per heavy atom. The Labute approximate surface area is 387 Å². The van der Waals surface area contributed by atoms with E-state index in [2.05, 4.69) is 64.3 Å². The van der Waals surface area contributed by atoms with Crippen molar-refractivity contribution in [1.82, 2.24) is 36.6 Å². The van der Waals surface area contributed by atoms with E-state index >= 15 is 0 Å². The van der Waals surface area contributed by atoms with Crippen molar-refractivity contribution in [3.8, 4) is 0 Å². The number of carboxylic acid groups (broad SMARTS) is 4. The molecule has 0 fully saturated rings. The van der Waals surface area contributed by atoms with Gasteiger partial charge < -0.3 is 52.0 Å². The largest absolute Gasteiger partial charge is 0.481 e. The number of carbonyl (C=O) groups excluding carboxylic acids is 4. The van der Waals surface area contributed by atoms with E-state index in [1.54, 1.807) is 34.6 Å². The second-order valence-electron chi connectivity index (χ2n) is 17.4. The summed E-state index contributed by atoms with van der Waals surface area (Å²) in [6.45, 7) is 30.8. The molecule has 382 valence electrons. The number of H-pyrrole nitrogens is 1. The van der Waals surface area contributed by atoms with Gasteiger partial charge in [-0.3, -0.25) is 33.6 Å². The van der Waals surface area contributed by atoms with Crippen molar-refractivity contribution in [3.05, 3.63) is 5.82 Å². The number of hydrogen-bond acceptors (Lipinski definition) is 14. The highest BCUT2D eigenvalue weighted by Crippen LogP contribution is 2.06. The second-order valence-corrected chi connectivity index (χ2v) is 17.4. The fourth-order valence-corrected chi connectivity index (χ4v) is 4.04. The van der Waals surface area contributed by atoms with Gasteiger partial charge in [0, 0.05) is 49.7 Å². The lowest BCUT2D eigenvalue weighted by Crippen LogP contribution is -2.43. The highest BCUT2D eigenvalue weighted by molar-refractivity contribution is 5.93. The predicted molar refractivity (Wildman–Crippen MR) is 250 cm³/mol. The van der Waals surface area contributed by atoms with Crippen LogP contribution in [-0.2, 0) is 44.8 Å². The quantitative estimate of drug-likeness (QED) is 0.0707. The first kappa shape index (κ1) is 71.7. The number of carboxylic acids is 4. The van der Waals surface area contributed by atoms with Crippen molar-refractivity contribution < 1.29 is 63.9 Å². The molecule has 0 aliphatic rings. The molecule has 21 nitrogen and oxygen atoms in total. The maximum atomic E-state index is 11.1. The van der Waals surface area contributed by atoms with Crippen LogP contribution in [0.2, 0.25) is 0 Å². The smallest absolute Gasteiger partial charge is 0.317 e. The number of Topliss-reactive ketones (excluding diaryl/α,β-unsaturated/α-hetero) is 2. The number of amides is 2. The van der Waals surface area contributed by atoms with Gasteiger partial charge in [0.15, 0.2) is 5.82 Å². The van der Waals surface area contributed by atoms with Gasteiger partial charge in [-0.15, -0.1) is 10.2 Å². The topological polar surface area (TPSA) is 354 Å².